The average molecular weight is 113 g/mol. The molecular formula is C3H3ClF2. The Balaban J connectivity index is 3.26. The molecule has 0 aliphatic carbocycles. The van der Waals surface area contributed by atoms with E-state index in [9.17, 15) is 8.78 Å². The third-order valence-corrected chi connectivity index (χ3v) is 0.474. The lowest BCUT2D eigenvalue weighted by atomic mass is 10.7. The van der Waals surface area contributed by atoms with Crippen molar-refractivity contribution in [1.29, 1.82) is 0 Å². The molecule has 0 bridgehead atoms. The van der Waals surface area contributed by atoms with Crippen molar-refractivity contribution in [2.24, 2.45) is 0 Å². The van der Waals surface area contributed by atoms with Gasteiger partial charge in [0.05, 0.1) is 0 Å². The number of alkyl halides is 2. The van der Waals surface area contributed by atoms with Crippen molar-refractivity contribution in [3.8, 4) is 0 Å². The minimum atomic E-state index is -2.04. The molecule has 0 N–H and O–H groups in total. The van der Waals surface area contributed by atoms with E-state index in [1.807, 2.05) is 0 Å². The predicted octanol–water partition coefficient (Wildman–Crippen LogP) is 2.00. The van der Waals surface area contributed by atoms with Crippen LogP contribution in [0, 0.1) is 0 Å². The van der Waals surface area contributed by atoms with Crippen molar-refractivity contribution in [2.45, 2.75) is 5.63 Å². The molecule has 3 heteroatoms. The summed E-state index contributed by atoms with van der Waals surface area (Å²) in [5.41, 5.74) is -2.04. The molecule has 0 aliphatic heterocycles. The molecule has 0 aromatic heterocycles. The van der Waals surface area contributed by atoms with Crippen molar-refractivity contribution in [3.05, 3.63) is 12.4 Å². The van der Waals surface area contributed by atoms with Gasteiger partial charge in [0.15, 0.2) is 0 Å². The summed E-state index contributed by atoms with van der Waals surface area (Å²) in [6.07, 6.45) is 0. The van der Waals surface area contributed by atoms with Gasteiger partial charge in [-0.05, 0) is 0 Å². The lowest BCUT2D eigenvalue weighted by Crippen LogP contribution is -1.83. The Hall–Kier alpha value is -0.110. The first kappa shape index (κ1) is 5.89. The first-order valence-corrected chi connectivity index (χ1v) is 1.70. The van der Waals surface area contributed by atoms with Crippen LogP contribution >= 0.6 is 11.6 Å². The van der Waals surface area contributed by atoms with Crippen LogP contribution in [0.5, 0.6) is 0 Å². The molecule has 0 rings (SSSR count). The normalized spacial score (nSPS) is 13.8. The molecule has 0 amide bonds. The second-order valence-corrected chi connectivity index (χ2v) is 1.13. The Morgan fingerprint density at radius 3 is 2.00 bits per heavy atom. The SMILES string of the molecule is C=C(F)[C@@H](F)Cl. The molecule has 0 radical (unpaired) electrons. The molecule has 0 aromatic rings. The van der Waals surface area contributed by atoms with Crippen molar-refractivity contribution in [3.63, 3.8) is 0 Å². The number of rotatable bonds is 1. The van der Waals surface area contributed by atoms with Crippen LogP contribution in [0.3, 0.4) is 0 Å². The zero-order valence-electron chi connectivity index (χ0n) is 2.92. The highest BCUT2D eigenvalue weighted by Crippen LogP contribution is 2.08. The molecule has 0 saturated heterocycles. The molecule has 0 fully saturated rings. The third-order valence-electron chi connectivity index (χ3n) is 0.237. The summed E-state index contributed by atoms with van der Waals surface area (Å²) < 4.78 is 22.2. The maximum atomic E-state index is 11.1. The van der Waals surface area contributed by atoms with Crippen molar-refractivity contribution < 1.29 is 8.78 Å². The van der Waals surface area contributed by atoms with Gasteiger partial charge in [-0.3, -0.25) is 0 Å². The van der Waals surface area contributed by atoms with Crippen LogP contribution in [-0.4, -0.2) is 5.63 Å². The van der Waals surface area contributed by atoms with Gasteiger partial charge in [0, 0.05) is 0 Å². The third kappa shape index (κ3) is 2.15. The molecule has 0 unspecified atom stereocenters. The molecule has 0 spiro atoms. The summed E-state index contributed by atoms with van der Waals surface area (Å²) in [7, 11) is 0. The minimum Gasteiger partial charge on any atom is -0.222 e. The van der Waals surface area contributed by atoms with Crippen LogP contribution in [0.2, 0.25) is 0 Å². The molecular weight excluding hydrogens is 109 g/mol. The highest BCUT2D eigenvalue weighted by atomic mass is 35.5. The number of hydrogen-bond donors (Lipinski definition) is 0. The van der Waals surface area contributed by atoms with Gasteiger partial charge in [-0.2, -0.15) is 0 Å². The zero-order chi connectivity index (χ0) is 5.15. The molecule has 6 heavy (non-hydrogen) atoms. The Bertz CT molecular complexity index is 59.8. The van der Waals surface area contributed by atoms with E-state index in [2.05, 4.69) is 18.2 Å². The Labute approximate surface area is 39.4 Å². The van der Waals surface area contributed by atoms with Gasteiger partial charge in [0.25, 0.3) is 0 Å². The molecule has 0 aromatic carbocycles. The minimum absolute atomic E-state index is 1.14. The van der Waals surface area contributed by atoms with Gasteiger partial charge in [-0.1, -0.05) is 18.2 Å². The highest BCUT2D eigenvalue weighted by Gasteiger charge is 2.01. The lowest BCUT2D eigenvalue weighted by Gasteiger charge is -1.85. The quantitative estimate of drug-likeness (QED) is 0.455. The summed E-state index contributed by atoms with van der Waals surface area (Å²) in [6, 6.07) is 0. The van der Waals surface area contributed by atoms with E-state index in [4.69, 9.17) is 0 Å². The number of halogens is 3. The number of hydrogen-bond acceptors (Lipinski definition) is 0. The van der Waals surface area contributed by atoms with Crippen molar-refractivity contribution in [1.82, 2.24) is 0 Å². The van der Waals surface area contributed by atoms with E-state index >= 15 is 0 Å². The second-order valence-electron chi connectivity index (χ2n) is 0.748. The summed E-state index contributed by atoms with van der Waals surface area (Å²) in [4.78, 5) is 0. The molecule has 0 saturated carbocycles. The van der Waals surface area contributed by atoms with Crippen LogP contribution in [0.15, 0.2) is 12.4 Å². The predicted molar refractivity (Wildman–Crippen MR) is 21.0 cm³/mol. The fourth-order valence-electron chi connectivity index (χ4n) is 0. The largest absolute Gasteiger partial charge is 0.223 e. The Morgan fingerprint density at radius 2 is 2.00 bits per heavy atom. The monoisotopic (exact) mass is 112 g/mol. The van der Waals surface area contributed by atoms with Crippen molar-refractivity contribution in [2.75, 3.05) is 0 Å². The molecule has 0 nitrogen and oxygen atoms in total. The smallest absolute Gasteiger partial charge is 0.222 e. The average Bonchev–Trinajstić information content (AvgIpc) is 1.36. The van der Waals surface area contributed by atoms with Crippen LogP contribution < -0.4 is 0 Å². The van der Waals surface area contributed by atoms with Gasteiger partial charge >= 0.3 is 0 Å². The maximum Gasteiger partial charge on any atom is 0.223 e. The van der Waals surface area contributed by atoms with E-state index in [1.54, 1.807) is 0 Å². The molecule has 1 atom stereocenters. The van der Waals surface area contributed by atoms with Crippen LogP contribution in [0.25, 0.3) is 0 Å². The standard InChI is InChI=1S/C3H3ClF2/c1-2(5)3(4)6/h3H,1H2/t3-/m1/s1. The van der Waals surface area contributed by atoms with Gasteiger partial charge in [-0.15, -0.1) is 0 Å². The van der Waals surface area contributed by atoms with E-state index in [0.717, 1.165) is 0 Å². The molecule has 36 valence electrons. The Morgan fingerprint density at radius 1 is 1.83 bits per heavy atom. The van der Waals surface area contributed by atoms with E-state index in [-0.39, 0.29) is 0 Å². The summed E-state index contributed by atoms with van der Waals surface area (Å²) in [6.45, 7) is 2.58. The summed E-state index contributed by atoms with van der Waals surface area (Å²) in [5, 5.41) is 0. The van der Waals surface area contributed by atoms with Gasteiger partial charge in [0.1, 0.15) is 5.83 Å². The molecule has 0 aliphatic rings. The van der Waals surface area contributed by atoms with Gasteiger partial charge < -0.3 is 0 Å². The van der Waals surface area contributed by atoms with Gasteiger partial charge in [0.2, 0.25) is 5.63 Å². The Kier molecular flexibility index (Phi) is 2.09. The van der Waals surface area contributed by atoms with Crippen LogP contribution in [0.4, 0.5) is 8.78 Å². The van der Waals surface area contributed by atoms with Gasteiger partial charge in [-0.25, -0.2) is 8.78 Å². The zero-order valence-corrected chi connectivity index (χ0v) is 3.67. The summed E-state index contributed by atoms with van der Waals surface area (Å²) >= 11 is 4.47. The maximum absolute atomic E-state index is 11.1. The summed E-state index contributed by atoms with van der Waals surface area (Å²) in [5.74, 6) is -1.14. The highest BCUT2D eigenvalue weighted by molar-refractivity contribution is 6.21. The number of allylic oxidation sites excluding steroid dienone is 1. The van der Waals surface area contributed by atoms with Crippen molar-refractivity contribution >= 4 is 11.6 Å². The first-order valence-electron chi connectivity index (χ1n) is 1.27. The van der Waals surface area contributed by atoms with E-state index in [1.165, 1.54) is 0 Å². The van der Waals surface area contributed by atoms with E-state index in [0.29, 0.717) is 0 Å². The molecule has 0 heterocycles. The van der Waals surface area contributed by atoms with E-state index < -0.39 is 11.5 Å². The fraction of sp³-hybridized carbons (Fsp3) is 0.333. The first-order chi connectivity index (χ1) is 2.64. The second kappa shape index (κ2) is 2.13. The lowest BCUT2D eigenvalue weighted by molar-refractivity contribution is 0.420. The van der Waals surface area contributed by atoms with Crippen LogP contribution in [0.1, 0.15) is 0 Å². The van der Waals surface area contributed by atoms with Crippen LogP contribution in [-0.2, 0) is 0 Å². The fourth-order valence-corrected chi connectivity index (χ4v) is 0. The topological polar surface area (TPSA) is 0 Å².